The first-order valence-corrected chi connectivity index (χ1v) is 12.4. The number of rotatable bonds is 3. The molecule has 0 unspecified atom stereocenters. The minimum atomic E-state index is -0.357. The molecule has 0 saturated carbocycles. The Labute approximate surface area is 231 Å². The van der Waals surface area contributed by atoms with Gasteiger partial charge in [-0.05, 0) is 60.9 Å². The first-order chi connectivity index (χ1) is 17.0. The molecule has 1 aliphatic heterocycles. The molecule has 2 aliphatic rings. The number of hydrogen-bond acceptors (Lipinski definition) is 4. The third-order valence-electron chi connectivity index (χ3n) is 6.93. The van der Waals surface area contributed by atoms with Crippen LogP contribution >= 0.6 is 11.8 Å². The molecule has 0 atom stereocenters. The second-order valence-corrected chi connectivity index (χ2v) is 10.0. The summed E-state index contributed by atoms with van der Waals surface area (Å²) < 4.78 is 2.30. The number of halogens is 1. The molecule has 0 bridgehead atoms. The molecule has 0 saturated heterocycles. The number of nitro benzene ring substituents is 1. The van der Waals surface area contributed by atoms with E-state index in [-0.39, 0.29) is 34.6 Å². The van der Waals surface area contributed by atoms with Crippen molar-refractivity contribution in [1.82, 2.24) is 0 Å². The number of anilines is 1. The van der Waals surface area contributed by atoms with E-state index in [4.69, 9.17) is 0 Å². The van der Waals surface area contributed by atoms with Crippen LogP contribution < -0.4 is 33.4 Å². The van der Waals surface area contributed by atoms with Crippen molar-refractivity contribution in [2.75, 3.05) is 11.9 Å². The van der Waals surface area contributed by atoms with E-state index in [0.29, 0.717) is 0 Å². The zero-order chi connectivity index (χ0) is 24.1. The number of para-hydroxylation sites is 2. The standard InChI is InChI=1S/C29H24N3O2S.HI/c1-30-26-9-5-6-10-27(26)35-28(30)18-24-22-7-3-4-8-25(22)31(2)29-20(13-16-23(24)29)17-19-11-14-21(15-12-19)32(33)34;/h3-12,14-15,17-18H,13,16H2,1-2H3;1H/q+1;/p-1/b20-17+;. The van der Waals surface area contributed by atoms with Crippen molar-refractivity contribution in [2.24, 2.45) is 7.05 Å². The molecule has 5 nitrogen and oxygen atoms in total. The van der Waals surface area contributed by atoms with Gasteiger partial charge in [-0.15, -0.1) is 0 Å². The molecule has 4 aromatic rings. The molecule has 1 aliphatic carbocycles. The Morgan fingerprint density at radius 3 is 2.44 bits per heavy atom. The van der Waals surface area contributed by atoms with Crippen molar-refractivity contribution in [1.29, 1.82) is 0 Å². The predicted octanol–water partition coefficient (Wildman–Crippen LogP) is 3.60. The Hall–Kier alpha value is -3.17. The number of hydrogen-bond donors (Lipinski definition) is 0. The highest BCUT2D eigenvalue weighted by atomic mass is 127. The van der Waals surface area contributed by atoms with Crippen LogP contribution in [-0.4, -0.2) is 12.0 Å². The monoisotopic (exact) mass is 605 g/mol. The quantitative estimate of drug-likeness (QED) is 0.155. The van der Waals surface area contributed by atoms with Crippen LogP contribution in [0.5, 0.6) is 0 Å². The highest BCUT2D eigenvalue weighted by Crippen LogP contribution is 2.46. The van der Waals surface area contributed by atoms with Gasteiger partial charge in [0.05, 0.1) is 21.0 Å². The minimum Gasteiger partial charge on any atom is -1.00 e. The van der Waals surface area contributed by atoms with E-state index in [1.54, 1.807) is 12.1 Å². The van der Waals surface area contributed by atoms with Gasteiger partial charge >= 0.3 is 0 Å². The van der Waals surface area contributed by atoms with Gasteiger partial charge in [-0.1, -0.05) is 36.0 Å². The maximum atomic E-state index is 11.0. The van der Waals surface area contributed by atoms with Gasteiger partial charge in [0, 0.05) is 46.8 Å². The summed E-state index contributed by atoms with van der Waals surface area (Å²) in [6.45, 7) is 0. The number of allylic oxidation sites excluding steroid dienone is 1. The summed E-state index contributed by atoms with van der Waals surface area (Å²) in [4.78, 5) is 14.2. The zero-order valence-corrected chi connectivity index (χ0v) is 22.9. The number of benzene rings is 3. The van der Waals surface area contributed by atoms with Gasteiger partial charge in [0.25, 0.3) is 5.69 Å². The Bertz CT molecular complexity index is 1580. The van der Waals surface area contributed by atoms with Gasteiger partial charge in [0.15, 0.2) is 0 Å². The van der Waals surface area contributed by atoms with Crippen LogP contribution in [-0.2, 0) is 13.5 Å². The largest absolute Gasteiger partial charge is 1.00 e. The summed E-state index contributed by atoms with van der Waals surface area (Å²) in [5.41, 5.74) is 8.67. The highest BCUT2D eigenvalue weighted by Gasteiger charge is 2.32. The molecular formula is C29H24IN3O2S. The predicted molar refractivity (Wildman–Crippen MR) is 143 cm³/mol. The Morgan fingerprint density at radius 2 is 1.69 bits per heavy atom. The zero-order valence-electron chi connectivity index (χ0n) is 19.9. The molecule has 0 amide bonds. The molecule has 6 rings (SSSR count). The van der Waals surface area contributed by atoms with E-state index in [2.05, 4.69) is 84.2 Å². The summed E-state index contributed by atoms with van der Waals surface area (Å²) in [5, 5.41) is 13.5. The van der Waals surface area contributed by atoms with Crippen molar-refractivity contribution in [3.8, 4) is 0 Å². The van der Waals surface area contributed by atoms with E-state index in [1.165, 1.54) is 48.9 Å². The summed E-state index contributed by atoms with van der Waals surface area (Å²) in [5.74, 6) is 0. The normalized spacial score (nSPS) is 16.3. The lowest BCUT2D eigenvalue weighted by molar-refractivity contribution is -0.647. The Kier molecular flexibility index (Phi) is 6.61. The van der Waals surface area contributed by atoms with Gasteiger partial charge in [-0.2, -0.15) is 4.57 Å². The van der Waals surface area contributed by atoms with Crippen LogP contribution in [0.4, 0.5) is 11.4 Å². The lowest BCUT2D eigenvalue weighted by atomic mass is 9.99. The third-order valence-corrected chi connectivity index (χ3v) is 8.10. The van der Waals surface area contributed by atoms with E-state index < -0.39 is 0 Å². The Balaban J connectivity index is 0.00000267. The maximum absolute atomic E-state index is 11.0. The molecule has 7 heteroatoms. The van der Waals surface area contributed by atoms with Crippen LogP contribution in [0.1, 0.15) is 28.8 Å². The lowest BCUT2D eigenvalue weighted by Gasteiger charge is -2.15. The van der Waals surface area contributed by atoms with E-state index in [1.807, 2.05) is 23.9 Å². The number of thioether (sulfide) groups is 1. The molecule has 0 fully saturated rings. The smallest absolute Gasteiger partial charge is 0.269 e. The van der Waals surface area contributed by atoms with Crippen LogP contribution in [0, 0.1) is 10.1 Å². The first kappa shape index (κ1) is 24.5. The molecule has 0 N–H and O–H groups in total. The molecular weight excluding hydrogens is 581 g/mol. The number of nitro groups is 1. The van der Waals surface area contributed by atoms with Crippen molar-refractivity contribution < 1.29 is 33.5 Å². The highest BCUT2D eigenvalue weighted by molar-refractivity contribution is 8.03. The summed E-state index contributed by atoms with van der Waals surface area (Å²) in [6, 6.07) is 23.9. The fourth-order valence-electron chi connectivity index (χ4n) is 5.22. The second-order valence-electron chi connectivity index (χ2n) is 8.95. The fraction of sp³-hybridized carbons (Fsp3) is 0.138. The molecule has 0 spiro atoms. The van der Waals surface area contributed by atoms with Gasteiger partial charge in [-0.3, -0.25) is 10.1 Å². The number of fused-ring (bicyclic) bond motifs is 3. The second kappa shape index (κ2) is 9.71. The topological polar surface area (TPSA) is 50.3 Å². The van der Waals surface area contributed by atoms with E-state index >= 15 is 0 Å². The van der Waals surface area contributed by atoms with E-state index in [9.17, 15) is 10.1 Å². The van der Waals surface area contributed by atoms with Crippen LogP contribution in [0.15, 0.2) is 82.7 Å². The number of nitrogens with zero attached hydrogens (tertiary/aromatic N) is 3. The van der Waals surface area contributed by atoms with Crippen LogP contribution in [0.2, 0.25) is 0 Å². The van der Waals surface area contributed by atoms with Gasteiger partial charge < -0.3 is 28.9 Å². The van der Waals surface area contributed by atoms with Crippen LogP contribution in [0.3, 0.4) is 0 Å². The van der Waals surface area contributed by atoms with Crippen molar-refractivity contribution in [2.45, 2.75) is 17.7 Å². The van der Waals surface area contributed by atoms with Crippen LogP contribution in [0.25, 0.3) is 28.6 Å². The molecule has 2 heterocycles. The number of pyridine rings is 1. The SMILES string of the molecule is CN1/C(=C/c2c3c([n+](C)c4ccccc24)/C(=C/c2ccc([N+](=O)[O-])cc2)CC3)Sc2ccccc21.[I-]. The van der Waals surface area contributed by atoms with E-state index in [0.717, 1.165) is 18.4 Å². The van der Waals surface area contributed by atoms with Crippen molar-refractivity contribution >= 4 is 51.8 Å². The maximum Gasteiger partial charge on any atom is 0.269 e. The summed E-state index contributed by atoms with van der Waals surface area (Å²) in [6.07, 6.45) is 6.43. The average Bonchev–Trinajstić information content (AvgIpc) is 3.43. The van der Waals surface area contributed by atoms with Gasteiger partial charge in [-0.25, -0.2) is 0 Å². The molecule has 3 aromatic carbocycles. The fourth-order valence-corrected chi connectivity index (χ4v) is 6.31. The average molecular weight is 606 g/mol. The van der Waals surface area contributed by atoms with Gasteiger partial charge in [0.1, 0.15) is 7.05 Å². The van der Waals surface area contributed by atoms with Crippen molar-refractivity contribution in [3.63, 3.8) is 0 Å². The summed E-state index contributed by atoms with van der Waals surface area (Å²) in [7, 11) is 4.27. The first-order valence-electron chi connectivity index (χ1n) is 11.6. The van der Waals surface area contributed by atoms with Crippen molar-refractivity contribution in [3.05, 3.63) is 110 Å². The minimum absolute atomic E-state index is 0. The number of aromatic nitrogens is 1. The molecule has 1 aromatic heterocycles. The van der Waals surface area contributed by atoms with Gasteiger partial charge in [0.2, 0.25) is 11.2 Å². The molecule has 36 heavy (non-hydrogen) atoms. The third kappa shape index (κ3) is 4.10. The Morgan fingerprint density at radius 1 is 0.972 bits per heavy atom. The molecule has 0 radical (unpaired) electrons. The number of aryl methyl sites for hydroxylation is 1. The molecule has 180 valence electrons. The lowest BCUT2D eigenvalue weighted by Crippen LogP contribution is -3.00. The summed E-state index contributed by atoms with van der Waals surface area (Å²) >= 11 is 1.81. The number of non-ortho nitro benzene ring substituents is 1.